The summed E-state index contributed by atoms with van der Waals surface area (Å²) in [6.07, 6.45) is 0. The number of hydrazine groups is 1. The highest BCUT2D eigenvalue weighted by Crippen LogP contribution is 2.01. The van der Waals surface area contributed by atoms with Crippen molar-refractivity contribution in [3.63, 3.8) is 0 Å². The lowest BCUT2D eigenvalue weighted by atomic mass is 10.3. The number of para-hydroxylation sites is 1. The molecule has 0 aliphatic rings. The molecular formula is C9H12N2O2. The van der Waals surface area contributed by atoms with Gasteiger partial charge in [-0.05, 0) is 12.1 Å². The molecule has 1 aromatic carbocycles. The maximum absolute atomic E-state index is 10.9. The lowest BCUT2D eigenvalue weighted by Crippen LogP contribution is -2.32. The van der Waals surface area contributed by atoms with Crippen molar-refractivity contribution >= 4 is 11.6 Å². The first kappa shape index (κ1) is 9.54. The van der Waals surface area contributed by atoms with E-state index in [1.807, 2.05) is 30.3 Å². The van der Waals surface area contributed by atoms with Gasteiger partial charge in [0.25, 0.3) is 5.91 Å². The molecule has 1 rings (SSSR count). The van der Waals surface area contributed by atoms with E-state index >= 15 is 0 Å². The summed E-state index contributed by atoms with van der Waals surface area (Å²) in [5, 5.41) is 0. The van der Waals surface area contributed by atoms with E-state index < -0.39 is 0 Å². The molecular weight excluding hydrogens is 168 g/mol. The molecule has 0 aliphatic carbocycles. The number of ether oxygens (including phenoxy) is 1. The van der Waals surface area contributed by atoms with E-state index in [9.17, 15) is 4.79 Å². The first-order chi connectivity index (χ1) is 6.33. The molecule has 13 heavy (non-hydrogen) atoms. The van der Waals surface area contributed by atoms with Crippen LogP contribution < -0.4 is 10.9 Å². The lowest BCUT2D eigenvalue weighted by molar-refractivity contribution is -0.124. The van der Waals surface area contributed by atoms with E-state index in [0.717, 1.165) is 5.69 Å². The van der Waals surface area contributed by atoms with Crippen LogP contribution in [0.15, 0.2) is 30.3 Å². The minimum Gasteiger partial charge on any atom is -0.375 e. The topological polar surface area (TPSA) is 50.4 Å². The normalized spacial score (nSPS) is 9.31. The van der Waals surface area contributed by atoms with E-state index in [-0.39, 0.29) is 12.5 Å². The highest BCUT2D eigenvalue weighted by atomic mass is 16.5. The smallest absolute Gasteiger partial charge is 0.264 e. The second-order valence-electron chi connectivity index (χ2n) is 2.47. The molecule has 0 bridgehead atoms. The number of methoxy groups -OCH3 is 1. The van der Waals surface area contributed by atoms with Gasteiger partial charge in [-0.25, -0.2) is 0 Å². The molecule has 2 N–H and O–H groups in total. The third kappa shape index (κ3) is 3.57. The van der Waals surface area contributed by atoms with Gasteiger partial charge in [-0.15, -0.1) is 0 Å². The zero-order chi connectivity index (χ0) is 9.52. The maximum Gasteiger partial charge on any atom is 0.264 e. The van der Waals surface area contributed by atoms with Crippen LogP contribution in [0.1, 0.15) is 0 Å². The van der Waals surface area contributed by atoms with Crippen molar-refractivity contribution in [1.29, 1.82) is 0 Å². The average Bonchev–Trinajstić information content (AvgIpc) is 2.17. The number of rotatable bonds is 4. The Morgan fingerprint density at radius 2 is 2.08 bits per heavy atom. The number of hydrogen-bond donors (Lipinski definition) is 2. The SMILES string of the molecule is COCC(=O)NNc1ccccc1. The Bertz CT molecular complexity index is 262. The molecule has 0 unspecified atom stereocenters. The molecule has 0 atom stereocenters. The van der Waals surface area contributed by atoms with E-state index in [1.54, 1.807) is 0 Å². The third-order valence-electron chi connectivity index (χ3n) is 1.40. The van der Waals surface area contributed by atoms with Crippen LogP contribution in [0.3, 0.4) is 0 Å². The molecule has 0 aliphatic heterocycles. The molecule has 1 amide bonds. The van der Waals surface area contributed by atoms with Crippen LogP contribution in [0.5, 0.6) is 0 Å². The Morgan fingerprint density at radius 3 is 2.69 bits per heavy atom. The fourth-order valence-corrected chi connectivity index (χ4v) is 0.831. The quantitative estimate of drug-likeness (QED) is 0.673. The predicted octanol–water partition coefficient (Wildman–Crippen LogP) is 0.776. The molecule has 70 valence electrons. The van der Waals surface area contributed by atoms with Crippen LogP contribution in [0.4, 0.5) is 5.69 Å². The first-order valence-electron chi connectivity index (χ1n) is 3.92. The zero-order valence-corrected chi connectivity index (χ0v) is 7.41. The number of benzene rings is 1. The van der Waals surface area contributed by atoms with E-state index in [4.69, 9.17) is 0 Å². The highest BCUT2D eigenvalue weighted by molar-refractivity contribution is 5.78. The molecule has 0 saturated carbocycles. The Kier molecular flexibility index (Phi) is 3.78. The monoisotopic (exact) mass is 180 g/mol. The van der Waals surface area contributed by atoms with Crippen molar-refractivity contribution in [2.24, 2.45) is 0 Å². The zero-order valence-electron chi connectivity index (χ0n) is 7.41. The van der Waals surface area contributed by atoms with Crippen LogP contribution in [-0.2, 0) is 9.53 Å². The number of carbonyl (C=O) groups is 1. The van der Waals surface area contributed by atoms with Crippen molar-refractivity contribution in [1.82, 2.24) is 5.43 Å². The Labute approximate surface area is 76.9 Å². The van der Waals surface area contributed by atoms with E-state index in [1.165, 1.54) is 7.11 Å². The summed E-state index contributed by atoms with van der Waals surface area (Å²) in [7, 11) is 1.47. The van der Waals surface area contributed by atoms with Crippen molar-refractivity contribution in [3.05, 3.63) is 30.3 Å². The van der Waals surface area contributed by atoms with Gasteiger partial charge in [-0.3, -0.25) is 15.6 Å². The van der Waals surface area contributed by atoms with Gasteiger partial charge in [0.1, 0.15) is 6.61 Å². The van der Waals surface area contributed by atoms with Gasteiger partial charge in [0.2, 0.25) is 0 Å². The minimum absolute atomic E-state index is 0.0554. The molecule has 4 nitrogen and oxygen atoms in total. The third-order valence-corrected chi connectivity index (χ3v) is 1.40. The van der Waals surface area contributed by atoms with Crippen LogP contribution in [0, 0.1) is 0 Å². The molecule has 0 spiro atoms. The second-order valence-corrected chi connectivity index (χ2v) is 2.47. The molecule has 0 saturated heterocycles. The van der Waals surface area contributed by atoms with Crippen LogP contribution >= 0.6 is 0 Å². The van der Waals surface area contributed by atoms with Crippen LogP contribution in [-0.4, -0.2) is 19.6 Å². The number of carbonyl (C=O) groups excluding carboxylic acids is 1. The van der Waals surface area contributed by atoms with Gasteiger partial charge in [0.05, 0.1) is 5.69 Å². The molecule has 0 radical (unpaired) electrons. The first-order valence-corrected chi connectivity index (χ1v) is 3.92. The van der Waals surface area contributed by atoms with E-state index in [2.05, 4.69) is 15.6 Å². The van der Waals surface area contributed by atoms with Gasteiger partial charge in [-0.2, -0.15) is 0 Å². The minimum atomic E-state index is -0.202. The number of nitrogens with one attached hydrogen (secondary N) is 2. The molecule has 0 fully saturated rings. The van der Waals surface area contributed by atoms with Crippen molar-refractivity contribution in [2.75, 3.05) is 19.1 Å². The lowest BCUT2D eigenvalue weighted by Gasteiger charge is -2.06. The van der Waals surface area contributed by atoms with Crippen molar-refractivity contribution < 1.29 is 9.53 Å². The summed E-state index contributed by atoms with van der Waals surface area (Å²) in [6, 6.07) is 9.37. The number of anilines is 1. The summed E-state index contributed by atoms with van der Waals surface area (Å²) in [5.74, 6) is -0.202. The van der Waals surface area contributed by atoms with Crippen LogP contribution in [0.25, 0.3) is 0 Å². The van der Waals surface area contributed by atoms with Gasteiger partial charge in [-0.1, -0.05) is 18.2 Å². The summed E-state index contributed by atoms with van der Waals surface area (Å²) in [6.45, 7) is 0.0554. The summed E-state index contributed by atoms with van der Waals surface area (Å²) in [5.41, 5.74) is 6.08. The summed E-state index contributed by atoms with van der Waals surface area (Å²) >= 11 is 0. The van der Waals surface area contributed by atoms with E-state index in [0.29, 0.717) is 0 Å². The van der Waals surface area contributed by atoms with Crippen LogP contribution in [0.2, 0.25) is 0 Å². The largest absolute Gasteiger partial charge is 0.375 e. The number of amides is 1. The number of hydrogen-bond acceptors (Lipinski definition) is 3. The Balaban J connectivity index is 2.31. The van der Waals surface area contributed by atoms with Gasteiger partial charge < -0.3 is 4.74 Å². The average molecular weight is 180 g/mol. The van der Waals surface area contributed by atoms with Gasteiger partial charge in [0.15, 0.2) is 0 Å². The highest BCUT2D eigenvalue weighted by Gasteiger charge is 1.97. The fraction of sp³-hybridized carbons (Fsp3) is 0.222. The van der Waals surface area contributed by atoms with Crippen molar-refractivity contribution in [2.45, 2.75) is 0 Å². The Hall–Kier alpha value is -1.55. The van der Waals surface area contributed by atoms with Gasteiger partial charge >= 0.3 is 0 Å². The van der Waals surface area contributed by atoms with Crippen molar-refractivity contribution in [3.8, 4) is 0 Å². The molecule has 1 aromatic rings. The Morgan fingerprint density at radius 1 is 1.38 bits per heavy atom. The second kappa shape index (κ2) is 5.16. The predicted molar refractivity (Wildman–Crippen MR) is 50.1 cm³/mol. The standard InChI is InChI=1S/C9H12N2O2/c1-13-7-9(12)11-10-8-5-3-2-4-6-8/h2-6,10H,7H2,1H3,(H,11,12). The molecule has 4 heteroatoms. The summed E-state index contributed by atoms with van der Waals surface area (Å²) in [4.78, 5) is 10.9. The molecule has 0 aromatic heterocycles. The fourth-order valence-electron chi connectivity index (χ4n) is 0.831. The molecule has 0 heterocycles. The maximum atomic E-state index is 10.9. The van der Waals surface area contributed by atoms with Gasteiger partial charge in [0, 0.05) is 7.11 Å². The summed E-state index contributed by atoms with van der Waals surface area (Å²) < 4.78 is 4.64.